The van der Waals surface area contributed by atoms with Gasteiger partial charge in [-0.1, -0.05) is 0 Å². The molecule has 0 aromatic rings. The first-order valence-corrected chi connectivity index (χ1v) is 6.02. The molecule has 2 fully saturated rings. The van der Waals surface area contributed by atoms with Crippen LogP contribution in [0.5, 0.6) is 0 Å². The van der Waals surface area contributed by atoms with E-state index in [0.29, 0.717) is 12.8 Å². The lowest BCUT2D eigenvalue weighted by molar-refractivity contribution is -0.190. The predicted octanol–water partition coefficient (Wildman–Crippen LogP) is 0.874. The van der Waals surface area contributed by atoms with E-state index in [9.17, 15) is 22.8 Å². The van der Waals surface area contributed by atoms with Crippen molar-refractivity contribution in [2.75, 3.05) is 0 Å². The molecular formula is C11H15F3N2O3. The molecule has 8 heteroatoms. The van der Waals surface area contributed by atoms with Crippen LogP contribution in [-0.2, 0) is 9.59 Å². The summed E-state index contributed by atoms with van der Waals surface area (Å²) in [6, 6.07) is -1.20. The van der Waals surface area contributed by atoms with Crippen LogP contribution in [0.4, 0.5) is 13.2 Å². The summed E-state index contributed by atoms with van der Waals surface area (Å²) in [6.45, 7) is 0. The van der Waals surface area contributed by atoms with Crippen LogP contribution < -0.4 is 5.73 Å². The molecule has 2 atom stereocenters. The van der Waals surface area contributed by atoms with Crippen LogP contribution in [0.3, 0.4) is 0 Å². The van der Waals surface area contributed by atoms with Crippen molar-refractivity contribution < 1.29 is 27.9 Å². The van der Waals surface area contributed by atoms with Gasteiger partial charge in [-0.05, 0) is 25.7 Å². The number of carbonyl (C=O) groups excluding carboxylic acids is 1. The summed E-state index contributed by atoms with van der Waals surface area (Å²) < 4.78 is 37.5. The summed E-state index contributed by atoms with van der Waals surface area (Å²) in [5.74, 6) is -2.91. The van der Waals surface area contributed by atoms with Gasteiger partial charge >= 0.3 is 18.1 Å². The van der Waals surface area contributed by atoms with E-state index in [-0.39, 0.29) is 19.3 Å². The molecule has 2 aliphatic heterocycles. The van der Waals surface area contributed by atoms with Gasteiger partial charge in [0.2, 0.25) is 0 Å². The number of carbonyl (C=O) groups is 2. The van der Waals surface area contributed by atoms with Crippen LogP contribution in [0, 0.1) is 0 Å². The number of rotatable bonds is 2. The second-order valence-corrected chi connectivity index (χ2v) is 5.44. The molecule has 2 aliphatic rings. The number of fused-ring (bicyclic) bond motifs is 2. The number of nitrogens with zero attached hydrogens (tertiary/aromatic N) is 1. The predicted molar refractivity (Wildman–Crippen MR) is 58.1 cm³/mol. The van der Waals surface area contributed by atoms with E-state index in [1.165, 1.54) is 0 Å². The van der Waals surface area contributed by atoms with Gasteiger partial charge in [0.15, 0.2) is 0 Å². The van der Waals surface area contributed by atoms with Crippen molar-refractivity contribution in [2.45, 2.75) is 55.9 Å². The number of hydrogen-bond donors (Lipinski definition) is 2. The average molecular weight is 280 g/mol. The molecule has 2 heterocycles. The van der Waals surface area contributed by atoms with E-state index >= 15 is 0 Å². The first-order chi connectivity index (χ1) is 8.62. The fourth-order valence-corrected chi connectivity index (χ4v) is 3.31. The molecule has 3 N–H and O–H groups in total. The van der Waals surface area contributed by atoms with Crippen LogP contribution in [0.1, 0.15) is 32.1 Å². The monoisotopic (exact) mass is 280 g/mol. The molecule has 0 aromatic heterocycles. The number of amides is 1. The van der Waals surface area contributed by atoms with Crippen molar-refractivity contribution in [2.24, 2.45) is 5.73 Å². The van der Waals surface area contributed by atoms with E-state index in [2.05, 4.69) is 0 Å². The lowest BCUT2D eigenvalue weighted by Crippen LogP contribution is -2.59. The standard InChI is InChI=1S/C11H15F3N2O3/c12-11(13,14)9(19)16-6-1-2-7(16)4-10(15,3-6)5-8(17)18/h6-7H,1-5,15H2,(H,17,18). The van der Waals surface area contributed by atoms with Crippen LogP contribution in [0.2, 0.25) is 0 Å². The normalized spacial score (nSPS) is 34.4. The quantitative estimate of drug-likeness (QED) is 0.786. The average Bonchev–Trinajstić information content (AvgIpc) is 2.48. The Morgan fingerprint density at radius 2 is 1.74 bits per heavy atom. The second-order valence-electron chi connectivity index (χ2n) is 5.44. The van der Waals surface area contributed by atoms with Crippen molar-refractivity contribution in [3.8, 4) is 0 Å². The van der Waals surface area contributed by atoms with Gasteiger partial charge in [-0.2, -0.15) is 13.2 Å². The molecule has 2 bridgehead atoms. The lowest BCUT2D eigenvalue weighted by Gasteiger charge is -2.44. The van der Waals surface area contributed by atoms with Gasteiger partial charge in [0.1, 0.15) is 0 Å². The highest BCUT2D eigenvalue weighted by Gasteiger charge is 2.54. The highest BCUT2D eigenvalue weighted by atomic mass is 19.4. The van der Waals surface area contributed by atoms with Crippen molar-refractivity contribution in [1.82, 2.24) is 4.90 Å². The summed E-state index contributed by atoms with van der Waals surface area (Å²) in [5, 5.41) is 8.79. The summed E-state index contributed by atoms with van der Waals surface area (Å²) >= 11 is 0. The van der Waals surface area contributed by atoms with Crippen LogP contribution in [0.25, 0.3) is 0 Å². The van der Waals surface area contributed by atoms with Crippen molar-refractivity contribution in [1.29, 1.82) is 0 Å². The van der Waals surface area contributed by atoms with E-state index in [1.807, 2.05) is 0 Å². The zero-order valence-electron chi connectivity index (χ0n) is 10.1. The number of carboxylic acids is 1. The summed E-state index contributed by atoms with van der Waals surface area (Å²) in [4.78, 5) is 23.0. The first-order valence-electron chi connectivity index (χ1n) is 6.02. The van der Waals surface area contributed by atoms with Crippen molar-refractivity contribution in [3.63, 3.8) is 0 Å². The second kappa shape index (κ2) is 4.36. The minimum Gasteiger partial charge on any atom is -0.481 e. The fourth-order valence-electron chi connectivity index (χ4n) is 3.31. The van der Waals surface area contributed by atoms with Gasteiger partial charge in [-0.25, -0.2) is 0 Å². The van der Waals surface area contributed by atoms with Crippen molar-refractivity contribution in [3.05, 3.63) is 0 Å². The highest BCUT2D eigenvalue weighted by molar-refractivity contribution is 5.83. The van der Waals surface area contributed by atoms with Crippen LogP contribution in [-0.4, -0.2) is 45.7 Å². The van der Waals surface area contributed by atoms with Gasteiger partial charge in [-0.15, -0.1) is 0 Å². The molecule has 0 radical (unpaired) electrons. The van der Waals surface area contributed by atoms with E-state index in [4.69, 9.17) is 10.8 Å². The molecule has 19 heavy (non-hydrogen) atoms. The largest absolute Gasteiger partial charge is 0.481 e. The Labute approximate surface area is 107 Å². The highest BCUT2D eigenvalue weighted by Crippen LogP contribution is 2.42. The maximum atomic E-state index is 12.5. The Morgan fingerprint density at radius 1 is 1.26 bits per heavy atom. The molecule has 0 saturated carbocycles. The maximum absolute atomic E-state index is 12.5. The SMILES string of the molecule is NC1(CC(=O)O)CC2CCC(C1)N2C(=O)C(F)(F)F. The van der Waals surface area contributed by atoms with Crippen LogP contribution >= 0.6 is 0 Å². The minimum atomic E-state index is -4.89. The summed E-state index contributed by atoms with van der Waals surface area (Å²) in [6.07, 6.45) is -4.05. The third-order valence-electron chi connectivity index (χ3n) is 3.88. The Hall–Kier alpha value is -1.31. The first kappa shape index (κ1) is 14.1. The maximum Gasteiger partial charge on any atom is 0.471 e. The number of halogens is 3. The van der Waals surface area contributed by atoms with Gasteiger partial charge < -0.3 is 15.7 Å². The molecule has 2 rings (SSSR count). The summed E-state index contributed by atoms with van der Waals surface area (Å²) in [5.41, 5.74) is 4.94. The Kier molecular flexibility index (Phi) is 3.24. The number of hydrogen-bond acceptors (Lipinski definition) is 3. The topological polar surface area (TPSA) is 83.6 Å². The molecule has 2 unspecified atom stereocenters. The molecule has 2 saturated heterocycles. The van der Waals surface area contributed by atoms with Crippen LogP contribution in [0.15, 0.2) is 0 Å². The molecule has 0 aliphatic carbocycles. The lowest BCUT2D eigenvalue weighted by atomic mass is 9.81. The van der Waals surface area contributed by atoms with Crippen molar-refractivity contribution >= 4 is 11.9 Å². The zero-order valence-corrected chi connectivity index (χ0v) is 10.1. The fraction of sp³-hybridized carbons (Fsp3) is 0.818. The summed E-state index contributed by atoms with van der Waals surface area (Å²) in [7, 11) is 0. The molecule has 108 valence electrons. The molecular weight excluding hydrogens is 265 g/mol. The van der Waals surface area contributed by atoms with E-state index < -0.39 is 35.7 Å². The van der Waals surface area contributed by atoms with Gasteiger partial charge in [0.05, 0.1) is 6.42 Å². The number of nitrogens with two attached hydrogens (primary N) is 1. The van der Waals surface area contributed by atoms with E-state index in [1.54, 1.807) is 0 Å². The number of aliphatic carboxylic acids is 1. The molecule has 5 nitrogen and oxygen atoms in total. The Morgan fingerprint density at radius 3 is 2.11 bits per heavy atom. The molecule has 1 amide bonds. The van der Waals surface area contributed by atoms with E-state index in [0.717, 1.165) is 4.90 Å². The third kappa shape index (κ3) is 2.68. The number of piperidine rings is 1. The number of carboxylic acid groups (broad SMARTS) is 1. The van der Waals surface area contributed by atoms with Gasteiger partial charge in [-0.3, -0.25) is 9.59 Å². The zero-order chi connectivity index (χ0) is 14.4. The Bertz CT molecular complexity index is 396. The van der Waals surface area contributed by atoms with Gasteiger partial charge in [0, 0.05) is 17.6 Å². The molecule has 0 spiro atoms. The smallest absolute Gasteiger partial charge is 0.471 e. The number of alkyl halides is 3. The minimum absolute atomic E-state index is 0.109. The molecule has 0 aromatic carbocycles. The third-order valence-corrected chi connectivity index (χ3v) is 3.88. The van der Waals surface area contributed by atoms with Gasteiger partial charge in [0.25, 0.3) is 0 Å². The Balaban J connectivity index is 2.15.